The molecular weight excluding hydrogens is 218 g/mol. The lowest BCUT2D eigenvalue weighted by Gasteiger charge is -2.05. The number of tetrazole rings is 1. The predicted octanol–water partition coefficient (Wildman–Crippen LogP) is 0.471. The molecule has 1 aromatic rings. The van der Waals surface area contributed by atoms with Crippen LogP contribution in [0.4, 0.5) is 0 Å². The number of nitrogens with zero attached hydrogens (tertiary/aromatic N) is 4. The lowest BCUT2D eigenvalue weighted by molar-refractivity contribution is -0.121. The van der Waals surface area contributed by atoms with E-state index >= 15 is 0 Å². The van der Waals surface area contributed by atoms with Crippen molar-refractivity contribution in [3.63, 3.8) is 0 Å². The molecule has 0 spiro atoms. The number of hydrogen-bond acceptors (Lipinski definition) is 4. The fourth-order valence-electron chi connectivity index (χ4n) is 2.52. The van der Waals surface area contributed by atoms with Crippen LogP contribution < -0.4 is 5.32 Å². The van der Waals surface area contributed by atoms with E-state index in [0.29, 0.717) is 16.7 Å². The zero-order chi connectivity index (χ0) is 12.7. The van der Waals surface area contributed by atoms with Crippen LogP contribution in [0.5, 0.6) is 0 Å². The van der Waals surface area contributed by atoms with E-state index in [0.717, 1.165) is 6.54 Å². The number of carbonyl (C=O) groups is 1. The summed E-state index contributed by atoms with van der Waals surface area (Å²) in [5, 5.41) is 13.6. The number of amides is 1. The second-order valence-electron chi connectivity index (χ2n) is 5.81. The Balaban J connectivity index is 1.79. The Morgan fingerprint density at radius 2 is 2.00 bits per heavy atom. The summed E-state index contributed by atoms with van der Waals surface area (Å²) in [6.45, 7) is 9.87. The maximum atomic E-state index is 11.6. The largest absolute Gasteiger partial charge is 0.354 e. The molecule has 0 aliphatic heterocycles. The van der Waals surface area contributed by atoms with Crippen LogP contribution in [0.1, 0.15) is 27.7 Å². The quantitative estimate of drug-likeness (QED) is 0.826. The molecule has 0 unspecified atom stereocenters. The first-order valence-corrected chi connectivity index (χ1v) is 5.83. The maximum Gasteiger partial charge on any atom is 0.241 e. The van der Waals surface area contributed by atoms with Crippen LogP contribution >= 0.6 is 0 Å². The average Bonchev–Trinajstić information content (AvgIpc) is 2.61. The molecule has 1 N–H and O–H groups in total. The van der Waals surface area contributed by atoms with E-state index in [1.54, 1.807) is 0 Å². The highest BCUT2D eigenvalue weighted by molar-refractivity contribution is 5.75. The third-order valence-corrected chi connectivity index (χ3v) is 4.52. The summed E-state index contributed by atoms with van der Waals surface area (Å²) in [5.41, 5.74) is 0.601. The van der Waals surface area contributed by atoms with Gasteiger partial charge in [0.05, 0.1) is 0 Å². The Bertz CT molecular complexity index is 396. The number of nitrogens with one attached hydrogen (secondary N) is 1. The van der Waals surface area contributed by atoms with Gasteiger partial charge >= 0.3 is 0 Å². The highest BCUT2D eigenvalue weighted by Gasteiger charge is 2.64. The summed E-state index contributed by atoms with van der Waals surface area (Å²) in [5.74, 6) is 0.489. The number of carbonyl (C=O) groups excluding carboxylic acids is 1. The molecule has 0 saturated heterocycles. The van der Waals surface area contributed by atoms with E-state index in [1.165, 1.54) is 11.0 Å². The molecule has 17 heavy (non-hydrogen) atoms. The van der Waals surface area contributed by atoms with Gasteiger partial charge in [0.25, 0.3) is 0 Å². The minimum absolute atomic E-state index is 0.0456. The first-order valence-electron chi connectivity index (χ1n) is 5.83. The Morgan fingerprint density at radius 1 is 1.35 bits per heavy atom. The molecule has 1 aromatic heterocycles. The molecule has 94 valence electrons. The van der Waals surface area contributed by atoms with Crippen molar-refractivity contribution < 1.29 is 4.79 Å². The number of hydrogen-bond donors (Lipinski definition) is 1. The molecule has 6 nitrogen and oxygen atoms in total. The summed E-state index contributed by atoms with van der Waals surface area (Å²) in [6, 6.07) is 0. The van der Waals surface area contributed by atoms with Gasteiger partial charge in [-0.1, -0.05) is 27.7 Å². The maximum absolute atomic E-state index is 11.6. The van der Waals surface area contributed by atoms with Crippen LogP contribution in [-0.4, -0.2) is 32.7 Å². The van der Waals surface area contributed by atoms with Gasteiger partial charge in [-0.05, 0) is 27.2 Å². The van der Waals surface area contributed by atoms with Gasteiger partial charge in [0.15, 0.2) is 0 Å². The fourth-order valence-corrected chi connectivity index (χ4v) is 2.52. The molecule has 1 amide bonds. The third-order valence-electron chi connectivity index (χ3n) is 4.52. The lowest BCUT2D eigenvalue weighted by atomic mass is 10.0. The second-order valence-corrected chi connectivity index (χ2v) is 5.81. The van der Waals surface area contributed by atoms with Crippen LogP contribution in [0.2, 0.25) is 0 Å². The van der Waals surface area contributed by atoms with Crippen LogP contribution in [0, 0.1) is 16.7 Å². The zero-order valence-corrected chi connectivity index (χ0v) is 10.8. The van der Waals surface area contributed by atoms with Crippen LogP contribution in [0.15, 0.2) is 6.33 Å². The van der Waals surface area contributed by atoms with Crippen molar-refractivity contribution in [1.82, 2.24) is 25.5 Å². The van der Waals surface area contributed by atoms with Gasteiger partial charge in [-0.15, -0.1) is 5.10 Å². The van der Waals surface area contributed by atoms with Crippen LogP contribution in [0.25, 0.3) is 0 Å². The van der Waals surface area contributed by atoms with Gasteiger partial charge in [0, 0.05) is 6.54 Å². The molecule has 6 heteroatoms. The predicted molar refractivity (Wildman–Crippen MR) is 61.9 cm³/mol. The van der Waals surface area contributed by atoms with Gasteiger partial charge in [-0.3, -0.25) is 4.79 Å². The molecule has 1 aliphatic rings. The summed E-state index contributed by atoms with van der Waals surface area (Å²) in [6.07, 6.45) is 1.44. The Hall–Kier alpha value is -1.46. The van der Waals surface area contributed by atoms with Gasteiger partial charge in [-0.2, -0.15) is 0 Å². The van der Waals surface area contributed by atoms with Gasteiger partial charge in [-0.25, -0.2) is 4.68 Å². The van der Waals surface area contributed by atoms with E-state index in [-0.39, 0.29) is 12.5 Å². The molecule has 0 radical (unpaired) electrons. The third kappa shape index (κ3) is 2.03. The van der Waals surface area contributed by atoms with Crippen LogP contribution in [0.3, 0.4) is 0 Å². The van der Waals surface area contributed by atoms with Crippen molar-refractivity contribution in [2.24, 2.45) is 16.7 Å². The molecule has 0 aromatic carbocycles. The molecule has 1 heterocycles. The smallest absolute Gasteiger partial charge is 0.241 e. The van der Waals surface area contributed by atoms with Gasteiger partial charge < -0.3 is 5.32 Å². The first kappa shape index (κ1) is 12.0. The number of aromatic nitrogens is 4. The van der Waals surface area contributed by atoms with Crippen molar-refractivity contribution in [3.8, 4) is 0 Å². The minimum atomic E-state index is -0.0456. The average molecular weight is 237 g/mol. The van der Waals surface area contributed by atoms with Crippen LogP contribution in [-0.2, 0) is 11.3 Å². The molecule has 1 aliphatic carbocycles. The normalized spacial score (nSPS) is 21.2. The van der Waals surface area contributed by atoms with Crippen molar-refractivity contribution in [2.75, 3.05) is 6.54 Å². The standard InChI is InChI=1S/C11H19N5O/c1-10(2)8(11(10,3)4)5-12-9(17)6-16-7-13-14-15-16/h7-8H,5-6H2,1-4H3,(H,12,17). The minimum Gasteiger partial charge on any atom is -0.354 e. The van der Waals surface area contributed by atoms with Gasteiger partial charge in [0.2, 0.25) is 5.91 Å². The van der Waals surface area contributed by atoms with Crippen molar-refractivity contribution in [3.05, 3.63) is 6.33 Å². The summed E-state index contributed by atoms with van der Waals surface area (Å²) in [7, 11) is 0. The molecule has 0 bridgehead atoms. The Kier molecular flexibility index (Phi) is 2.67. The molecular formula is C11H19N5O. The first-order chi connectivity index (χ1) is 7.85. The lowest BCUT2D eigenvalue weighted by Crippen LogP contribution is -2.30. The summed E-state index contributed by atoms with van der Waals surface area (Å²) < 4.78 is 1.42. The van der Waals surface area contributed by atoms with Crippen molar-refractivity contribution in [2.45, 2.75) is 34.2 Å². The van der Waals surface area contributed by atoms with Crippen molar-refractivity contribution in [1.29, 1.82) is 0 Å². The summed E-state index contributed by atoms with van der Waals surface area (Å²) >= 11 is 0. The Morgan fingerprint density at radius 3 is 2.47 bits per heavy atom. The molecule has 1 saturated carbocycles. The van der Waals surface area contributed by atoms with E-state index in [1.807, 2.05) is 0 Å². The van der Waals surface area contributed by atoms with Crippen molar-refractivity contribution >= 4 is 5.91 Å². The number of rotatable bonds is 4. The highest BCUT2D eigenvalue weighted by Crippen LogP contribution is 2.67. The topological polar surface area (TPSA) is 72.7 Å². The van der Waals surface area contributed by atoms with E-state index in [9.17, 15) is 4.79 Å². The molecule has 2 rings (SSSR count). The highest BCUT2D eigenvalue weighted by atomic mass is 16.2. The monoisotopic (exact) mass is 237 g/mol. The molecule has 1 fully saturated rings. The summed E-state index contributed by atoms with van der Waals surface area (Å²) in [4.78, 5) is 11.6. The van der Waals surface area contributed by atoms with E-state index in [2.05, 4.69) is 48.5 Å². The van der Waals surface area contributed by atoms with E-state index < -0.39 is 0 Å². The molecule has 0 atom stereocenters. The van der Waals surface area contributed by atoms with E-state index in [4.69, 9.17) is 0 Å². The fraction of sp³-hybridized carbons (Fsp3) is 0.818. The SMILES string of the molecule is CC1(C)C(CNC(=O)Cn2cnnn2)C1(C)C. The Labute approximate surface area is 101 Å². The zero-order valence-electron chi connectivity index (χ0n) is 10.8. The van der Waals surface area contributed by atoms with Gasteiger partial charge in [0.1, 0.15) is 12.9 Å². The second kappa shape index (κ2) is 3.78.